The topological polar surface area (TPSA) is 61.3 Å². The summed E-state index contributed by atoms with van der Waals surface area (Å²) in [6.07, 6.45) is 0. The predicted octanol–water partition coefficient (Wildman–Crippen LogP) is 2.24. The van der Waals surface area contributed by atoms with Crippen LogP contribution in [-0.4, -0.2) is 18.3 Å². The number of halogens is 2. The van der Waals surface area contributed by atoms with Crippen LogP contribution >= 0.6 is 12.4 Å². The van der Waals surface area contributed by atoms with Gasteiger partial charge in [-0.05, 0) is 5.16 Å². The van der Waals surface area contributed by atoms with Crippen molar-refractivity contribution < 1.29 is 13.7 Å². The Bertz CT molecular complexity index is 462. The molecular formula is C11H12ClFN2O2. The van der Waals surface area contributed by atoms with Crippen LogP contribution in [0.2, 0.25) is 0 Å². The Morgan fingerprint density at radius 3 is 2.65 bits per heavy atom. The Balaban J connectivity index is 0.00000144. The van der Waals surface area contributed by atoms with Gasteiger partial charge in [0, 0.05) is 12.1 Å². The molecule has 0 amide bonds. The molecule has 1 heterocycles. The summed E-state index contributed by atoms with van der Waals surface area (Å²) < 4.78 is 23.6. The van der Waals surface area contributed by atoms with Crippen molar-refractivity contribution in [2.75, 3.05) is 13.2 Å². The van der Waals surface area contributed by atoms with E-state index in [-0.39, 0.29) is 30.7 Å². The van der Waals surface area contributed by atoms with E-state index in [0.717, 1.165) is 0 Å². The molecule has 0 spiro atoms. The molecule has 0 bridgehead atoms. The molecule has 0 fully saturated rings. The highest BCUT2D eigenvalue weighted by atomic mass is 35.5. The van der Waals surface area contributed by atoms with E-state index in [4.69, 9.17) is 15.0 Å². The molecule has 92 valence electrons. The van der Waals surface area contributed by atoms with Gasteiger partial charge in [-0.2, -0.15) is 4.39 Å². The van der Waals surface area contributed by atoms with Gasteiger partial charge < -0.3 is 15.0 Å². The molecule has 0 saturated carbocycles. The molecular weight excluding hydrogens is 247 g/mol. The lowest BCUT2D eigenvalue weighted by Gasteiger charge is -1.97. The van der Waals surface area contributed by atoms with E-state index in [9.17, 15) is 4.39 Å². The number of hydrogen-bond acceptors (Lipinski definition) is 4. The van der Waals surface area contributed by atoms with Gasteiger partial charge in [0.15, 0.2) is 0 Å². The van der Waals surface area contributed by atoms with Crippen molar-refractivity contribution in [1.29, 1.82) is 0 Å². The Hall–Kier alpha value is -1.59. The average molecular weight is 259 g/mol. The van der Waals surface area contributed by atoms with E-state index in [1.165, 1.54) is 0 Å². The van der Waals surface area contributed by atoms with Gasteiger partial charge in [0.05, 0.1) is 0 Å². The third-order valence-corrected chi connectivity index (χ3v) is 2.00. The van der Waals surface area contributed by atoms with E-state index in [1.54, 1.807) is 24.3 Å². The van der Waals surface area contributed by atoms with Crippen LogP contribution in [0, 0.1) is 5.82 Å². The first-order valence-corrected chi connectivity index (χ1v) is 4.86. The molecule has 17 heavy (non-hydrogen) atoms. The highest BCUT2D eigenvalue weighted by molar-refractivity contribution is 5.85. The third-order valence-electron chi connectivity index (χ3n) is 2.00. The minimum absolute atomic E-state index is 0. The largest absolute Gasteiger partial charge is 0.472 e. The second kappa shape index (κ2) is 6.22. The van der Waals surface area contributed by atoms with Gasteiger partial charge in [-0.15, -0.1) is 12.4 Å². The fraction of sp³-hybridized carbons (Fsp3) is 0.182. The number of ether oxygens (including phenoxy) is 1. The Morgan fingerprint density at radius 2 is 2.00 bits per heavy atom. The summed E-state index contributed by atoms with van der Waals surface area (Å²) in [5.41, 5.74) is 5.86. The summed E-state index contributed by atoms with van der Waals surface area (Å²) in [5.74, 6) is -0.670. The van der Waals surface area contributed by atoms with Crippen LogP contribution in [0.1, 0.15) is 0 Å². The number of rotatable bonds is 4. The van der Waals surface area contributed by atoms with Crippen LogP contribution in [0.15, 0.2) is 34.9 Å². The fourth-order valence-electron chi connectivity index (χ4n) is 1.28. The van der Waals surface area contributed by atoms with E-state index in [2.05, 4.69) is 5.16 Å². The maximum Gasteiger partial charge on any atom is 0.291 e. The first-order valence-electron chi connectivity index (χ1n) is 4.86. The lowest BCUT2D eigenvalue weighted by Crippen LogP contribution is -2.11. The number of nitrogens with zero attached hydrogens (tertiary/aromatic N) is 1. The van der Waals surface area contributed by atoms with Crippen molar-refractivity contribution in [1.82, 2.24) is 5.16 Å². The standard InChI is InChI=1S/C11H11FN2O2.ClH/c12-9-10(8-4-2-1-3-5-8)16-14-11(9)15-7-6-13;/h1-5H,6-7,13H2;1H. The van der Waals surface area contributed by atoms with Crippen molar-refractivity contribution in [2.45, 2.75) is 0 Å². The van der Waals surface area contributed by atoms with Crippen LogP contribution in [0.4, 0.5) is 4.39 Å². The normalized spacial score (nSPS) is 9.76. The molecule has 6 heteroatoms. The molecule has 1 aromatic carbocycles. The fourth-order valence-corrected chi connectivity index (χ4v) is 1.28. The van der Waals surface area contributed by atoms with E-state index in [0.29, 0.717) is 12.1 Å². The second-order valence-electron chi connectivity index (χ2n) is 3.13. The van der Waals surface area contributed by atoms with Crippen LogP contribution in [0.3, 0.4) is 0 Å². The van der Waals surface area contributed by atoms with Gasteiger partial charge in [-0.1, -0.05) is 30.3 Å². The molecule has 0 saturated heterocycles. The van der Waals surface area contributed by atoms with Gasteiger partial charge in [0.2, 0.25) is 11.6 Å². The van der Waals surface area contributed by atoms with Crippen molar-refractivity contribution in [3.05, 3.63) is 36.1 Å². The predicted molar refractivity (Wildman–Crippen MR) is 63.7 cm³/mol. The van der Waals surface area contributed by atoms with Crippen molar-refractivity contribution in [3.8, 4) is 17.2 Å². The Kier molecular flexibility index (Phi) is 4.93. The summed E-state index contributed by atoms with van der Waals surface area (Å²) in [7, 11) is 0. The number of benzene rings is 1. The molecule has 0 radical (unpaired) electrons. The van der Waals surface area contributed by atoms with Gasteiger partial charge >= 0.3 is 0 Å². The zero-order valence-corrected chi connectivity index (χ0v) is 9.74. The second-order valence-corrected chi connectivity index (χ2v) is 3.13. The Morgan fingerprint density at radius 1 is 1.29 bits per heavy atom. The van der Waals surface area contributed by atoms with Crippen LogP contribution in [0.25, 0.3) is 11.3 Å². The number of aromatic nitrogens is 1. The molecule has 0 aliphatic heterocycles. The van der Waals surface area contributed by atoms with Crippen molar-refractivity contribution in [2.24, 2.45) is 5.73 Å². The summed E-state index contributed by atoms with van der Waals surface area (Å²) in [5, 5.41) is 3.50. The van der Waals surface area contributed by atoms with Gasteiger partial charge in [0.1, 0.15) is 6.61 Å². The molecule has 1 aromatic heterocycles. The molecule has 0 aliphatic carbocycles. The molecule has 0 atom stereocenters. The number of hydrogen-bond donors (Lipinski definition) is 1. The molecule has 4 nitrogen and oxygen atoms in total. The maximum atomic E-state index is 13.7. The highest BCUT2D eigenvalue weighted by Crippen LogP contribution is 2.28. The molecule has 2 aromatic rings. The highest BCUT2D eigenvalue weighted by Gasteiger charge is 2.18. The first-order chi connectivity index (χ1) is 7.83. The summed E-state index contributed by atoms with van der Waals surface area (Å²) >= 11 is 0. The summed E-state index contributed by atoms with van der Waals surface area (Å²) in [4.78, 5) is 0. The zero-order chi connectivity index (χ0) is 11.4. The minimum atomic E-state index is -0.598. The van der Waals surface area contributed by atoms with E-state index < -0.39 is 5.82 Å². The van der Waals surface area contributed by atoms with Crippen LogP contribution in [0.5, 0.6) is 5.88 Å². The maximum absolute atomic E-state index is 13.7. The van der Waals surface area contributed by atoms with Gasteiger partial charge in [0.25, 0.3) is 5.88 Å². The molecule has 0 unspecified atom stereocenters. The average Bonchev–Trinajstić information content (AvgIpc) is 2.69. The monoisotopic (exact) mass is 258 g/mol. The van der Waals surface area contributed by atoms with Gasteiger partial charge in [-0.3, -0.25) is 0 Å². The van der Waals surface area contributed by atoms with Crippen molar-refractivity contribution >= 4 is 12.4 Å². The molecule has 2 N–H and O–H groups in total. The smallest absolute Gasteiger partial charge is 0.291 e. The first kappa shape index (κ1) is 13.5. The lowest BCUT2D eigenvalue weighted by molar-refractivity contribution is 0.280. The zero-order valence-electron chi connectivity index (χ0n) is 8.93. The number of nitrogens with two attached hydrogens (primary N) is 1. The minimum Gasteiger partial charge on any atom is -0.472 e. The SMILES string of the molecule is Cl.NCCOc1noc(-c2ccccc2)c1F. The summed E-state index contributed by atoms with van der Waals surface area (Å²) in [6, 6.07) is 8.88. The molecule has 2 rings (SSSR count). The van der Waals surface area contributed by atoms with Crippen molar-refractivity contribution in [3.63, 3.8) is 0 Å². The van der Waals surface area contributed by atoms with E-state index in [1.807, 2.05) is 6.07 Å². The van der Waals surface area contributed by atoms with Gasteiger partial charge in [-0.25, -0.2) is 0 Å². The van der Waals surface area contributed by atoms with Crippen LogP contribution in [-0.2, 0) is 0 Å². The molecule has 0 aliphatic rings. The Labute approximate surface area is 104 Å². The van der Waals surface area contributed by atoms with Crippen LogP contribution < -0.4 is 10.5 Å². The third kappa shape index (κ3) is 2.95. The van der Waals surface area contributed by atoms with E-state index >= 15 is 0 Å². The quantitative estimate of drug-likeness (QED) is 0.914. The lowest BCUT2D eigenvalue weighted by atomic mass is 10.2. The summed E-state index contributed by atoms with van der Waals surface area (Å²) in [6.45, 7) is 0.505.